The molecular weight excluding hydrogens is 729 g/mol. The summed E-state index contributed by atoms with van der Waals surface area (Å²) in [5.74, 6) is 2.39. The number of fused-ring (bicyclic) bond motifs is 2. The summed E-state index contributed by atoms with van der Waals surface area (Å²) in [5.41, 5.74) is 13.0. The Morgan fingerprint density at radius 1 is 0.603 bits per heavy atom. The summed E-state index contributed by atoms with van der Waals surface area (Å²) in [6.07, 6.45) is 14.7. The number of amides is 1. The average molecular weight is 767 g/mol. The van der Waals surface area contributed by atoms with Gasteiger partial charge in [-0.05, 0) is 61.4 Å². The first-order valence-electron chi connectivity index (χ1n) is 18.4. The monoisotopic (exact) mass is 766 g/mol. The van der Waals surface area contributed by atoms with E-state index in [-0.39, 0.29) is 23.7 Å². The minimum absolute atomic E-state index is 0.0794. The van der Waals surface area contributed by atoms with Crippen molar-refractivity contribution in [1.82, 2.24) is 49.0 Å². The number of rotatable bonds is 10. The number of nitrogens with zero attached hydrogens (tertiary/aromatic N) is 10. The second kappa shape index (κ2) is 16.7. The van der Waals surface area contributed by atoms with Crippen LogP contribution >= 0.6 is 0 Å². The van der Waals surface area contributed by atoms with Gasteiger partial charge in [0.1, 0.15) is 30.0 Å². The molecule has 0 aliphatic heterocycles. The molecule has 15 heteroatoms. The molecule has 0 bridgehead atoms. The lowest BCUT2D eigenvalue weighted by atomic mass is 10.1. The van der Waals surface area contributed by atoms with Crippen LogP contribution in [0.5, 0.6) is 0 Å². The van der Waals surface area contributed by atoms with Crippen molar-refractivity contribution in [3.63, 3.8) is 0 Å². The highest BCUT2D eigenvalue weighted by atomic mass is 16.1. The van der Waals surface area contributed by atoms with Crippen molar-refractivity contribution in [2.45, 2.75) is 25.9 Å². The SMILES string of the molecule is C[C@H](Nc1cncc(-n2cnc3cc(N)ccc32)n1)c1ccccc1.C[C@H](Nc1cncc(-n2cnc3cc(NC(=O)c4cnccn4)ccc32)n1)c1ccccc1. The van der Waals surface area contributed by atoms with Gasteiger partial charge in [0, 0.05) is 35.9 Å². The average Bonchev–Trinajstić information content (AvgIpc) is 3.89. The molecule has 0 unspecified atom stereocenters. The van der Waals surface area contributed by atoms with Crippen LogP contribution in [0, 0.1) is 0 Å². The number of benzene rings is 4. The molecule has 0 spiro atoms. The Bertz CT molecular complexity index is 2790. The maximum Gasteiger partial charge on any atom is 0.275 e. The number of hydrogen-bond donors (Lipinski definition) is 4. The molecule has 0 saturated carbocycles. The lowest BCUT2D eigenvalue weighted by molar-refractivity contribution is 0.102. The van der Waals surface area contributed by atoms with E-state index < -0.39 is 0 Å². The second-order valence-corrected chi connectivity index (χ2v) is 13.3. The van der Waals surface area contributed by atoms with Gasteiger partial charge in [0.15, 0.2) is 11.6 Å². The predicted octanol–water partition coefficient (Wildman–Crippen LogP) is 7.60. The number of carbonyl (C=O) groups is 1. The Hall–Kier alpha value is -8.07. The summed E-state index contributed by atoms with van der Waals surface area (Å²) in [7, 11) is 0. The summed E-state index contributed by atoms with van der Waals surface area (Å²) >= 11 is 0. The van der Waals surface area contributed by atoms with Gasteiger partial charge in [-0.1, -0.05) is 60.7 Å². The molecular formula is C43H38N14O. The van der Waals surface area contributed by atoms with Crippen LogP contribution < -0.4 is 21.7 Å². The van der Waals surface area contributed by atoms with Crippen LogP contribution in [-0.4, -0.2) is 54.9 Å². The maximum absolute atomic E-state index is 12.3. The fraction of sp³-hybridized carbons (Fsp3) is 0.0930. The van der Waals surface area contributed by atoms with Crippen LogP contribution in [0.2, 0.25) is 0 Å². The first-order chi connectivity index (χ1) is 28.4. The highest BCUT2D eigenvalue weighted by Crippen LogP contribution is 2.24. The number of hydrogen-bond acceptors (Lipinski definition) is 12. The van der Waals surface area contributed by atoms with E-state index in [0.717, 1.165) is 22.1 Å². The highest BCUT2D eigenvalue weighted by molar-refractivity contribution is 6.03. The van der Waals surface area contributed by atoms with E-state index in [9.17, 15) is 4.79 Å². The van der Waals surface area contributed by atoms with Crippen molar-refractivity contribution < 1.29 is 4.79 Å². The van der Waals surface area contributed by atoms with E-state index >= 15 is 0 Å². The van der Waals surface area contributed by atoms with Crippen LogP contribution in [0.4, 0.5) is 23.0 Å². The standard InChI is InChI=1S/C24H20N8O.C19H18N6/c1-16(17-5-3-2-4-6-17)29-22-13-26-14-23(31-22)32-15-28-19-11-18(7-8-21(19)32)30-24(33)20-12-25-9-10-27-20;1-13(14-5-3-2-4-6-14)23-18-10-21-11-19(24-18)25-12-22-16-9-15(20)7-8-17(16)25/h2-16H,1H3,(H,29,31)(H,30,33);2-13H,20H2,1H3,(H,23,24)/t16-;13-/m00/s1. The van der Waals surface area contributed by atoms with Gasteiger partial charge < -0.3 is 21.7 Å². The number of carbonyl (C=O) groups excluding carboxylic acids is 1. The van der Waals surface area contributed by atoms with E-state index in [1.165, 1.54) is 24.2 Å². The molecule has 0 saturated heterocycles. The molecule has 0 aliphatic rings. The zero-order valence-electron chi connectivity index (χ0n) is 31.5. The molecule has 4 aromatic carbocycles. The molecule has 1 amide bonds. The zero-order valence-corrected chi connectivity index (χ0v) is 31.5. The normalized spacial score (nSPS) is 12.0. The van der Waals surface area contributed by atoms with E-state index in [2.05, 4.69) is 89.0 Å². The highest BCUT2D eigenvalue weighted by Gasteiger charge is 2.13. The molecule has 2 atom stereocenters. The lowest BCUT2D eigenvalue weighted by Crippen LogP contribution is -2.13. The number of imidazole rings is 2. The smallest absolute Gasteiger partial charge is 0.275 e. The summed E-state index contributed by atoms with van der Waals surface area (Å²) in [5, 5.41) is 9.60. The fourth-order valence-electron chi connectivity index (χ4n) is 6.27. The molecule has 58 heavy (non-hydrogen) atoms. The Labute approximate surface area is 333 Å². The number of aromatic nitrogens is 10. The predicted molar refractivity (Wildman–Crippen MR) is 225 cm³/mol. The lowest BCUT2D eigenvalue weighted by Gasteiger charge is -2.15. The first kappa shape index (κ1) is 36.9. The van der Waals surface area contributed by atoms with Crippen LogP contribution in [0.1, 0.15) is 47.5 Å². The van der Waals surface area contributed by atoms with Gasteiger partial charge in [0.05, 0.1) is 53.1 Å². The van der Waals surface area contributed by atoms with Crippen molar-refractivity contribution in [1.29, 1.82) is 0 Å². The quantitative estimate of drug-likeness (QED) is 0.0998. The van der Waals surface area contributed by atoms with E-state index in [0.29, 0.717) is 40.2 Å². The van der Waals surface area contributed by atoms with Crippen LogP contribution in [0.15, 0.2) is 153 Å². The van der Waals surface area contributed by atoms with Gasteiger partial charge in [0.2, 0.25) is 0 Å². The van der Waals surface area contributed by atoms with Crippen molar-refractivity contribution in [3.05, 3.63) is 170 Å². The van der Waals surface area contributed by atoms with Crippen molar-refractivity contribution in [2.75, 3.05) is 21.7 Å². The van der Waals surface area contributed by atoms with Gasteiger partial charge in [-0.25, -0.2) is 24.9 Å². The third-order valence-electron chi connectivity index (χ3n) is 9.24. The minimum Gasteiger partial charge on any atom is -0.399 e. The Morgan fingerprint density at radius 3 is 1.71 bits per heavy atom. The molecule has 0 aliphatic carbocycles. The molecule has 0 fully saturated rings. The Kier molecular flexibility index (Phi) is 10.6. The number of anilines is 4. The Morgan fingerprint density at radius 2 is 1.16 bits per heavy atom. The van der Waals surface area contributed by atoms with Crippen molar-refractivity contribution in [3.8, 4) is 11.6 Å². The van der Waals surface area contributed by atoms with Crippen LogP contribution in [-0.2, 0) is 0 Å². The molecule has 286 valence electrons. The van der Waals surface area contributed by atoms with Gasteiger partial charge in [-0.15, -0.1) is 0 Å². The van der Waals surface area contributed by atoms with E-state index in [1.54, 1.807) is 43.5 Å². The molecule has 9 aromatic rings. The number of nitrogens with one attached hydrogen (secondary N) is 3. The van der Waals surface area contributed by atoms with Gasteiger partial charge in [0.25, 0.3) is 5.91 Å². The second-order valence-electron chi connectivity index (χ2n) is 13.3. The van der Waals surface area contributed by atoms with Gasteiger partial charge in [-0.3, -0.25) is 28.9 Å². The molecule has 5 aromatic heterocycles. The third-order valence-corrected chi connectivity index (χ3v) is 9.24. The third kappa shape index (κ3) is 8.43. The summed E-state index contributed by atoms with van der Waals surface area (Å²) in [4.78, 5) is 47.2. The molecule has 15 nitrogen and oxygen atoms in total. The molecule has 9 rings (SSSR count). The van der Waals surface area contributed by atoms with Gasteiger partial charge >= 0.3 is 0 Å². The largest absolute Gasteiger partial charge is 0.399 e. The maximum atomic E-state index is 12.3. The van der Waals surface area contributed by atoms with E-state index in [1.807, 2.05) is 75.9 Å². The minimum atomic E-state index is -0.334. The summed E-state index contributed by atoms with van der Waals surface area (Å²) in [6, 6.07) is 31.7. The number of nitrogen functional groups attached to an aromatic ring is 1. The Balaban J connectivity index is 0.000000168. The zero-order chi connectivity index (χ0) is 39.8. The van der Waals surface area contributed by atoms with Crippen LogP contribution in [0.25, 0.3) is 33.7 Å². The van der Waals surface area contributed by atoms with Crippen molar-refractivity contribution in [2.24, 2.45) is 0 Å². The summed E-state index contributed by atoms with van der Waals surface area (Å²) < 4.78 is 3.76. The topological polar surface area (TPSA) is 192 Å². The van der Waals surface area contributed by atoms with E-state index in [4.69, 9.17) is 10.7 Å². The fourth-order valence-corrected chi connectivity index (χ4v) is 6.27. The van der Waals surface area contributed by atoms with Crippen molar-refractivity contribution >= 4 is 51.0 Å². The number of nitrogens with two attached hydrogens (primary N) is 1. The summed E-state index contributed by atoms with van der Waals surface area (Å²) in [6.45, 7) is 4.17. The van der Waals surface area contributed by atoms with Crippen LogP contribution in [0.3, 0.4) is 0 Å². The molecule has 5 heterocycles. The first-order valence-corrected chi connectivity index (χ1v) is 18.4. The molecule has 5 N–H and O–H groups in total. The van der Waals surface area contributed by atoms with Gasteiger partial charge in [-0.2, -0.15) is 0 Å². The molecule has 0 radical (unpaired) electrons.